The first-order valence-electron chi connectivity index (χ1n) is 11.9. The summed E-state index contributed by atoms with van der Waals surface area (Å²) in [6, 6.07) is 11.7. The maximum absolute atomic E-state index is 13.3. The van der Waals surface area contributed by atoms with Crippen molar-refractivity contribution < 1.29 is 33.8 Å². The fourth-order valence-corrected chi connectivity index (χ4v) is 4.92. The molecule has 2 aliphatic rings. The number of benzene rings is 2. The molecule has 8 nitrogen and oxygen atoms in total. The van der Waals surface area contributed by atoms with Gasteiger partial charge in [0.1, 0.15) is 30.3 Å². The van der Waals surface area contributed by atoms with E-state index in [2.05, 4.69) is 0 Å². The Balaban J connectivity index is 1.72. The monoisotopic (exact) mass is 481 g/mol. The Hall–Kier alpha value is -3.36. The van der Waals surface area contributed by atoms with Gasteiger partial charge in [0.05, 0.1) is 45.6 Å². The summed E-state index contributed by atoms with van der Waals surface area (Å²) in [5.41, 5.74) is 2.01. The summed E-state index contributed by atoms with van der Waals surface area (Å²) in [5.74, 6) is -0.268. The molecule has 8 heteroatoms. The third kappa shape index (κ3) is 5.04. The molecule has 0 bridgehead atoms. The average molecular weight is 482 g/mol. The van der Waals surface area contributed by atoms with Gasteiger partial charge in [-0.1, -0.05) is 18.2 Å². The average Bonchev–Trinajstić information content (AvgIpc) is 3.13. The Labute approximate surface area is 205 Å². The van der Waals surface area contributed by atoms with E-state index in [1.165, 1.54) is 4.90 Å². The van der Waals surface area contributed by atoms with E-state index in [-0.39, 0.29) is 11.3 Å². The van der Waals surface area contributed by atoms with E-state index in [1.54, 1.807) is 43.4 Å². The summed E-state index contributed by atoms with van der Waals surface area (Å²) in [6.07, 6.45) is 0.732. The number of nitrogens with zero attached hydrogens (tertiary/aromatic N) is 1. The number of carbonyl (C=O) groups is 2. The predicted molar refractivity (Wildman–Crippen MR) is 131 cm³/mol. The summed E-state index contributed by atoms with van der Waals surface area (Å²) in [6.45, 7) is 6.49. The number of Topliss-reactive ketones (excluding diaryl/α,β-unsaturated/α-hetero) is 1. The van der Waals surface area contributed by atoms with E-state index < -0.39 is 17.7 Å². The van der Waals surface area contributed by atoms with Gasteiger partial charge in [-0.25, -0.2) is 0 Å². The first kappa shape index (κ1) is 24.8. The Morgan fingerprint density at radius 2 is 1.80 bits per heavy atom. The van der Waals surface area contributed by atoms with Crippen LogP contribution in [0.25, 0.3) is 5.76 Å². The van der Waals surface area contributed by atoms with Gasteiger partial charge >= 0.3 is 0 Å². The Morgan fingerprint density at radius 1 is 1.09 bits per heavy atom. The van der Waals surface area contributed by atoms with Crippen molar-refractivity contribution in [3.63, 3.8) is 0 Å². The smallest absolute Gasteiger partial charge is 0.295 e. The number of aliphatic hydroxyl groups is 1. The van der Waals surface area contributed by atoms with Gasteiger partial charge < -0.3 is 29.1 Å². The largest absolute Gasteiger partial charge is 0.507 e. The van der Waals surface area contributed by atoms with Crippen molar-refractivity contribution >= 4 is 17.4 Å². The van der Waals surface area contributed by atoms with Crippen LogP contribution in [0.15, 0.2) is 48.0 Å². The maximum atomic E-state index is 13.3. The van der Waals surface area contributed by atoms with Gasteiger partial charge in [-0.3, -0.25) is 9.59 Å². The standard InChI is InChI=1S/C27H32N2O6/c1-18-17-19(9-10-21(18)33-2)25(30)23-24(20-7-4-5-8-22(20)34-3)29(27(32)26(23)31)12-6-11-28-13-15-35-16-14-28/h4-5,7-10,17,24,30H,6,11-16H2,1-3H3/p+1. The number of nitrogens with one attached hydrogen (secondary N) is 1. The number of likely N-dealkylation sites (tertiary alicyclic amines) is 1. The van der Waals surface area contributed by atoms with Gasteiger partial charge in [0.25, 0.3) is 11.7 Å². The van der Waals surface area contributed by atoms with Crippen molar-refractivity contribution in [1.82, 2.24) is 4.90 Å². The molecule has 1 unspecified atom stereocenters. The minimum absolute atomic E-state index is 0.0720. The van der Waals surface area contributed by atoms with E-state index >= 15 is 0 Å². The van der Waals surface area contributed by atoms with Crippen molar-refractivity contribution in [2.75, 3.05) is 53.6 Å². The molecule has 2 aromatic carbocycles. The number of morpholine rings is 1. The van der Waals surface area contributed by atoms with Crippen molar-refractivity contribution in [2.45, 2.75) is 19.4 Å². The van der Waals surface area contributed by atoms with Crippen LogP contribution in [-0.4, -0.2) is 75.3 Å². The van der Waals surface area contributed by atoms with Crippen LogP contribution < -0.4 is 14.4 Å². The van der Waals surface area contributed by atoms with Crippen LogP contribution >= 0.6 is 0 Å². The number of ether oxygens (including phenoxy) is 3. The van der Waals surface area contributed by atoms with Crippen molar-refractivity contribution in [2.24, 2.45) is 0 Å². The number of hydrogen-bond acceptors (Lipinski definition) is 6. The highest BCUT2D eigenvalue weighted by Gasteiger charge is 2.46. The maximum Gasteiger partial charge on any atom is 0.295 e. The zero-order valence-electron chi connectivity index (χ0n) is 20.5. The van der Waals surface area contributed by atoms with Crippen LogP contribution in [0.5, 0.6) is 11.5 Å². The molecule has 0 aliphatic carbocycles. The highest BCUT2D eigenvalue weighted by atomic mass is 16.5. The van der Waals surface area contributed by atoms with Gasteiger partial charge in [0.15, 0.2) is 0 Å². The molecule has 2 aliphatic heterocycles. The lowest BCUT2D eigenvalue weighted by molar-refractivity contribution is -0.908. The highest BCUT2D eigenvalue weighted by molar-refractivity contribution is 6.46. The topological polar surface area (TPSA) is 89.7 Å². The van der Waals surface area contributed by atoms with Gasteiger partial charge in [0, 0.05) is 24.1 Å². The SMILES string of the molecule is COc1ccc(C(O)=C2C(=O)C(=O)N(CCC[NH+]3CCOCC3)C2c2ccccc2OC)cc1C. The zero-order chi connectivity index (χ0) is 24.9. The molecule has 2 aromatic rings. The molecule has 2 saturated heterocycles. The lowest BCUT2D eigenvalue weighted by atomic mass is 9.94. The fourth-order valence-electron chi connectivity index (χ4n) is 4.92. The number of hydrogen-bond donors (Lipinski definition) is 2. The highest BCUT2D eigenvalue weighted by Crippen LogP contribution is 2.42. The van der Waals surface area contributed by atoms with Crippen molar-refractivity contribution in [3.8, 4) is 11.5 Å². The molecule has 2 fully saturated rings. The van der Waals surface area contributed by atoms with Crippen LogP contribution in [0.3, 0.4) is 0 Å². The second-order valence-electron chi connectivity index (χ2n) is 8.88. The Bertz CT molecular complexity index is 1120. The van der Waals surface area contributed by atoms with Gasteiger partial charge in [-0.05, 0) is 36.8 Å². The number of quaternary nitrogens is 1. The van der Waals surface area contributed by atoms with Gasteiger partial charge in [0.2, 0.25) is 0 Å². The zero-order valence-corrected chi connectivity index (χ0v) is 20.5. The normalized spacial score (nSPS) is 20.3. The van der Waals surface area contributed by atoms with Crippen LogP contribution in [0.4, 0.5) is 0 Å². The Morgan fingerprint density at radius 3 is 2.49 bits per heavy atom. The van der Waals surface area contributed by atoms with Crippen molar-refractivity contribution in [3.05, 3.63) is 64.7 Å². The van der Waals surface area contributed by atoms with Crippen LogP contribution in [0.1, 0.15) is 29.2 Å². The summed E-state index contributed by atoms with van der Waals surface area (Å²) in [5, 5.41) is 11.3. The number of amides is 1. The number of aliphatic hydroxyl groups excluding tert-OH is 1. The van der Waals surface area contributed by atoms with Crippen LogP contribution in [0, 0.1) is 6.92 Å². The summed E-state index contributed by atoms with van der Waals surface area (Å²) >= 11 is 0. The summed E-state index contributed by atoms with van der Waals surface area (Å²) in [4.78, 5) is 29.5. The molecular formula is C27H33N2O6+. The second kappa shape index (κ2) is 10.9. The predicted octanol–water partition coefficient (Wildman–Crippen LogP) is 1.74. The van der Waals surface area contributed by atoms with Crippen LogP contribution in [0.2, 0.25) is 0 Å². The van der Waals surface area contributed by atoms with Crippen molar-refractivity contribution in [1.29, 1.82) is 0 Å². The van der Waals surface area contributed by atoms with E-state index in [9.17, 15) is 14.7 Å². The number of ketones is 1. The minimum Gasteiger partial charge on any atom is -0.507 e. The molecule has 0 spiro atoms. The lowest BCUT2D eigenvalue weighted by Gasteiger charge is -2.28. The molecule has 0 aromatic heterocycles. The number of para-hydroxylation sites is 1. The van der Waals surface area contributed by atoms with E-state index in [0.717, 1.165) is 44.8 Å². The lowest BCUT2D eigenvalue weighted by Crippen LogP contribution is -3.14. The third-order valence-corrected chi connectivity index (χ3v) is 6.77. The molecule has 2 heterocycles. The molecule has 186 valence electrons. The van der Waals surface area contributed by atoms with Gasteiger partial charge in [-0.15, -0.1) is 0 Å². The van der Waals surface area contributed by atoms with Gasteiger partial charge in [-0.2, -0.15) is 0 Å². The molecule has 0 saturated carbocycles. The molecule has 1 amide bonds. The van der Waals surface area contributed by atoms with E-state index in [1.807, 2.05) is 25.1 Å². The molecule has 1 atom stereocenters. The second-order valence-corrected chi connectivity index (χ2v) is 8.88. The summed E-state index contributed by atoms with van der Waals surface area (Å²) in [7, 11) is 3.13. The quantitative estimate of drug-likeness (QED) is 0.339. The number of methoxy groups -OCH3 is 2. The first-order valence-corrected chi connectivity index (χ1v) is 11.9. The first-order chi connectivity index (χ1) is 17.0. The fraction of sp³-hybridized carbons (Fsp3) is 0.407. The minimum atomic E-state index is -0.742. The molecule has 0 radical (unpaired) electrons. The molecule has 4 rings (SSSR count). The van der Waals surface area contributed by atoms with E-state index in [4.69, 9.17) is 14.2 Å². The molecule has 35 heavy (non-hydrogen) atoms. The Kier molecular flexibility index (Phi) is 7.73. The number of rotatable bonds is 8. The number of aryl methyl sites for hydroxylation is 1. The number of carbonyl (C=O) groups excluding carboxylic acids is 2. The molecule has 2 N–H and O–H groups in total. The summed E-state index contributed by atoms with van der Waals surface area (Å²) < 4.78 is 16.3. The van der Waals surface area contributed by atoms with E-state index in [0.29, 0.717) is 29.2 Å². The molecular weight excluding hydrogens is 448 g/mol. The van der Waals surface area contributed by atoms with Crippen LogP contribution in [-0.2, 0) is 14.3 Å². The third-order valence-electron chi connectivity index (χ3n) is 6.77.